The van der Waals surface area contributed by atoms with Crippen molar-refractivity contribution in [1.29, 1.82) is 0 Å². The quantitative estimate of drug-likeness (QED) is 0.544. The molecule has 6 heteroatoms. The monoisotopic (exact) mass is 207 g/mol. The predicted octanol–water partition coefficient (Wildman–Crippen LogP) is -0.653. The van der Waals surface area contributed by atoms with E-state index in [9.17, 15) is 9.18 Å². The lowest BCUT2D eigenvalue weighted by Gasteiger charge is -2.03. The number of rotatable bonds is 1. The van der Waals surface area contributed by atoms with Gasteiger partial charge in [-0.1, -0.05) is 6.07 Å². The Morgan fingerprint density at radius 1 is 1.33 bits per heavy atom. The second-order valence-corrected chi connectivity index (χ2v) is 3.15. The Hall–Kier alpha value is -1.66. The van der Waals surface area contributed by atoms with E-state index in [1.54, 1.807) is 0 Å². The minimum Gasteiger partial charge on any atom is -0.423 e. The van der Waals surface area contributed by atoms with Crippen LogP contribution in [-0.2, 0) is 0 Å². The Kier molecular flexibility index (Phi) is 2.30. The van der Waals surface area contributed by atoms with E-state index in [2.05, 4.69) is 4.98 Å². The van der Waals surface area contributed by atoms with Gasteiger partial charge < -0.3 is 15.0 Å². The lowest BCUT2D eigenvalue weighted by atomic mass is 9.79. The van der Waals surface area contributed by atoms with Crippen LogP contribution in [0.2, 0.25) is 0 Å². The standard InChI is InChI=1S/C9H7BFNO3/c11-7-4-6(10(14)15)3-5-1-2-12-9(13)8(5)7/h1-4,14-15H,(H,12,13). The molecule has 1 aromatic heterocycles. The molecule has 1 aromatic carbocycles. The third-order valence-electron chi connectivity index (χ3n) is 2.15. The van der Waals surface area contributed by atoms with Gasteiger partial charge in [-0.2, -0.15) is 0 Å². The van der Waals surface area contributed by atoms with Crippen LogP contribution in [0.25, 0.3) is 10.8 Å². The molecule has 2 aromatic rings. The molecule has 0 fully saturated rings. The molecule has 3 N–H and O–H groups in total. The third kappa shape index (κ3) is 1.64. The molecule has 0 spiro atoms. The maximum absolute atomic E-state index is 13.4. The summed E-state index contributed by atoms with van der Waals surface area (Å²) >= 11 is 0. The molecule has 2 rings (SSSR count). The molecular weight excluding hydrogens is 200 g/mol. The summed E-state index contributed by atoms with van der Waals surface area (Å²) in [7, 11) is -1.75. The molecule has 0 atom stereocenters. The maximum atomic E-state index is 13.4. The first-order chi connectivity index (χ1) is 7.09. The summed E-state index contributed by atoms with van der Waals surface area (Å²) in [5.74, 6) is -0.766. The van der Waals surface area contributed by atoms with Crippen LogP contribution < -0.4 is 11.0 Å². The molecule has 76 valence electrons. The summed E-state index contributed by atoms with van der Waals surface area (Å²) < 4.78 is 13.4. The number of fused-ring (bicyclic) bond motifs is 1. The van der Waals surface area contributed by atoms with Crippen molar-refractivity contribution in [3.63, 3.8) is 0 Å². The van der Waals surface area contributed by atoms with Gasteiger partial charge in [0.15, 0.2) is 0 Å². The van der Waals surface area contributed by atoms with Gasteiger partial charge in [-0.15, -0.1) is 0 Å². The van der Waals surface area contributed by atoms with Crippen LogP contribution in [0, 0.1) is 5.82 Å². The van der Waals surface area contributed by atoms with Gasteiger partial charge >= 0.3 is 7.12 Å². The number of H-pyrrole nitrogens is 1. The largest absolute Gasteiger partial charge is 0.488 e. The van der Waals surface area contributed by atoms with Crippen molar-refractivity contribution in [3.8, 4) is 0 Å². The summed E-state index contributed by atoms with van der Waals surface area (Å²) in [6, 6.07) is 3.78. The fourth-order valence-electron chi connectivity index (χ4n) is 1.45. The Labute approximate surface area is 84.1 Å². The van der Waals surface area contributed by atoms with Crippen LogP contribution in [0.1, 0.15) is 0 Å². The Morgan fingerprint density at radius 3 is 2.73 bits per heavy atom. The van der Waals surface area contributed by atoms with Gasteiger partial charge in [-0.25, -0.2) is 4.39 Å². The van der Waals surface area contributed by atoms with Crippen molar-refractivity contribution in [1.82, 2.24) is 4.98 Å². The van der Waals surface area contributed by atoms with Crippen LogP contribution in [0.5, 0.6) is 0 Å². The van der Waals surface area contributed by atoms with Crippen LogP contribution in [0.3, 0.4) is 0 Å². The SMILES string of the molecule is O=c1[nH]ccc2cc(B(O)O)cc(F)c12. The van der Waals surface area contributed by atoms with E-state index >= 15 is 0 Å². The second kappa shape index (κ2) is 3.49. The molecular formula is C9H7BFNO3. The van der Waals surface area contributed by atoms with Crippen LogP contribution in [0.15, 0.2) is 29.2 Å². The van der Waals surface area contributed by atoms with Crippen LogP contribution in [0.4, 0.5) is 4.39 Å². The van der Waals surface area contributed by atoms with Crippen molar-refractivity contribution in [2.24, 2.45) is 0 Å². The van der Waals surface area contributed by atoms with Crippen molar-refractivity contribution in [2.45, 2.75) is 0 Å². The lowest BCUT2D eigenvalue weighted by molar-refractivity contribution is 0.425. The van der Waals surface area contributed by atoms with Gasteiger partial charge in [-0.05, 0) is 23.0 Å². The van der Waals surface area contributed by atoms with Crippen LogP contribution in [-0.4, -0.2) is 22.2 Å². The topological polar surface area (TPSA) is 73.3 Å². The van der Waals surface area contributed by atoms with Crippen molar-refractivity contribution < 1.29 is 14.4 Å². The van der Waals surface area contributed by atoms with Gasteiger partial charge in [0.1, 0.15) is 5.82 Å². The first-order valence-electron chi connectivity index (χ1n) is 4.26. The van der Waals surface area contributed by atoms with Crippen LogP contribution >= 0.6 is 0 Å². The Bertz CT molecular complexity index is 567. The lowest BCUT2D eigenvalue weighted by Crippen LogP contribution is -2.30. The maximum Gasteiger partial charge on any atom is 0.488 e. The molecule has 0 saturated heterocycles. The van der Waals surface area contributed by atoms with E-state index in [1.807, 2.05) is 0 Å². The number of aromatic amines is 1. The van der Waals surface area contributed by atoms with E-state index in [0.717, 1.165) is 6.07 Å². The number of benzene rings is 1. The minimum atomic E-state index is -1.75. The highest BCUT2D eigenvalue weighted by Crippen LogP contribution is 2.10. The van der Waals surface area contributed by atoms with Gasteiger partial charge in [-0.3, -0.25) is 4.79 Å². The van der Waals surface area contributed by atoms with E-state index in [4.69, 9.17) is 10.0 Å². The molecule has 15 heavy (non-hydrogen) atoms. The minimum absolute atomic E-state index is 0.0191. The molecule has 0 amide bonds. The third-order valence-corrected chi connectivity index (χ3v) is 2.15. The second-order valence-electron chi connectivity index (χ2n) is 3.15. The highest BCUT2D eigenvalue weighted by molar-refractivity contribution is 6.58. The van der Waals surface area contributed by atoms with Gasteiger partial charge in [0.25, 0.3) is 5.56 Å². The number of hydrogen-bond acceptors (Lipinski definition) is 3. The smallest absolute Gasteiger partial charge is 0.423 e. The van der Waals surface area contributed by atoms with Crippen molar-refractivity contribution >= 4 is 23.4 Å². The Morgan fingerprint density at radius 2 is 2.07 bits per heavy atom. The highest BCUT2D eigenvalue weighted by Gasteiger charge is 2.15. The molecule has 4 nitrogen and oxygen atoms in total. The van der Waals surface area contributed by atoms with E-state index in [-0.39, 0.29) is 10.8 Å². The summed E-state index contributed by atoms with van der Waals surface area (Å²) in [6.45, 7) is 0. The first-order valence-corrected chi connectivity index (χ1v) is 4.26. The molecule has 0 saturated carbocycles. The summed E-state index contributed by atoms with van der Waals surface area (Å²) in [5.41, 5.74) is -0.519. The predicted molar refractivity (Wildman–Crippen MR) is 54.4 cm³/mol. The number of pyridine rings is 1. The number of nitrogens with one attached hydrogen (secondary N) is 1. The molecule has 0 bridgehead atoms. The zero-order valence-electron chi connectivity index (χ0n) is 7.57. The molecule has 0 aliphatic heterocycles. The van der Waals surface area contributed by atoms with Gasteiger partial charge in [0, 0.05) is 6.20 Å². The summed E-state index contributed by atoms with van der Waals surface area (Å²) in [5, 5.41) is 18.0. The average Bonchev–Trinajstić information content (AvgIpc) is 2.17. The fraction of sp³-hybridized carbons (Fsp3) is 0. The summed E-state index contributed by atoms with van der Waals surface area (Å²) in [4.78, 5) is 13.6. The zero-order chi connectivity index (χ0) is 11.0. The van der Waals surface area contributed by atoms with E-state index < -0.39 is 18.5 Å². The van der Waals surface area contributed by atoms with Gasteiger partial charge in [0.2, 0.25) is 0 Å². The molecule has 0 unspecified atom stereocenters. The number of hydrogen-bond donors (Lipinski definition) is 3. The molecule has 1 heterocycles. The molecule has 0 radical (unpaired) electrons. The fourth-order valence-corrected chi connectivity index (χ4v) is 1.45. The summed E-state index contributed by atoms with van der Waals surface area (Å²) in [6.07, 6.45) is 1.37. The van der Waals surface area contributed by atoms with Gasteiger partial charge in [0.05, 0.1) is 5.39 Å². The molecule has 0 aliphatic carbocycles. The first kappa shape index (κ1) is 9.88. The number of halogens is 1. The normalized spacial score (nSPS) is 10.6. The Balaban J connectivity index is 2.84. The van der Waals surface area contributed by atoms with E-state index in [1.165, 1.54) is 18.3 Å². The average molecular weight is 207 g/mol. The number of aromatic nitrogens is 1. The molecule has 0 aliphatic rings. The van der Waals surface area contributed by atoms with Crippen molar-refractivity contribution in [2.75, 3.05) is 0 Å². The van der Waals surface area contributed by atoms with E-state index in [0.29, 0.717) is 5.39 Å². The highest BCUT2D eigenvalue weighted by atomic mass is 19.1. The zero-order valence-corrected chi connectivity index (χ0v) is 7.57. The van der Waals surface area contributed by atoms with Crippen molar-refractivity contribution in [3.05, 3.63) is 40.6 Å².